The second-order valence-electron chi connectivity index (χ2n) is 9.46. The van der Waals surface area contributed by atoms with E-state index in [1.165, 1.54) is 48.7 Å². The topological polar surface area (TPSA) is 126 Å². The van der Waals surface area contributed by atoms with E-state index in [4.69, 9.17) is 0 Å². The molecule has 0 radical (unpaired) electrons. The Bertz CT molecular complexity index is 1670. The summed E-state index contributed by atoms with van der Waals surface area (Å²) in [7, 11) is -7.96. The summed E-state index contributed by atoms with van der Waals surface area (Å²) < 4.78 is 56.0. The van der Waals surface area contributed by atoms with Crippen LogP contribution in [0.15, 0.2) is 107 Å². The molecule has 0 atom stereocenters. The molecule has 0 aliphatic rings. The summed E-state index contributed by atoms with van der Waals surface area (Å²) in [5, 5.41) is 2.66. The zero-order valence-corrected chi connectivity index (χ0v) is 23.9. The summed E-state index contributed by atoms with van der Waals surface area (Å²) in [6.45, 7) is 5.44. The number of carbonyl (C=O) groups excluding carboxylic acids is 1. The third-order valence-electron chi connectivity index (χ3n) is 6.10. The van der Waals surface area contributed by atoms with Crippen LogP contribution in [0.25, 0.3) is 0 Å². The minimum atomic E-state index is -4.07. The number of rotatable bonds is 10. The van der Waals surface area contributed by atoms with E-state index in [9.17, 15) is 21.6 Å². The molecule has 0 bridgehead atoms. The first-order chi connectivity index (χ1) is 19.0. The van der Waals surface area contributed by atoms with Gasteiger partial charge in [0.1, 0.15) is 12.4 Å². The van der Waals surface area contributed by atoms with E-state index in [2.05, 4.69) is 15.0 Å². The van der Waals surface area contributed by atoms with Crippen LogP contribution in [-0.2, 0) is 24.8 Å². The number of sulfonamides is 2. The van der Waals surface area contributed by atoms with Crippen LogP contribution in [0.4, 0.5) is 17.2 Å². The first kappa shape index (κ1) is 28.8. The Balaban J connectivity index is 1.55. The minimum Gasteiger partial charge on any atom is -0.325 e. The number of anilines is 3. The van der Waals surface area contributed by atoms with Crippen LogP contribution < -0.4 is 14.3 Å². The van der Waals surface area contributed by atoms with Gasteiger partial charge < -0.3 is 5.32 Å². The van der Waals surface area contributed by atoms with Crippen LogP contribution in [0.3, 0.4) is 0 Å². The molecule has 0 unspecified atom stereocenters. The zero-order chi connectivity index (χ0) is 28.9. The minimum absolute atomic E-state index is 0.0232. The van der Waals surface area contributed by atoms with Gasteiger partial charge in [-0.15, -0.1) is 0 Å². The van der Waals surface area contributed by atoms with Crippen molar-refractivity contribution in [3.63, 3.8) is 0 Å². The second kappa shape index (κ2) is 11.9. The van der Waals surface area contributed by atoms with Gasteiger partial charge in [-0.2, -0.15) is 0 Å². The number of pyridine rings is 1. The fourth-order valence-corrected chi connectivity index (χ4v) is 6.28. The van der Waals surface area contributed by atoms with E-state index in [-0.39, 0.29) is 21.5 Å². The Labute approximate surface area is 235 Å². The van der Waals surface area contributed by atoms with Crippen molar-refractivity contribution in [2.24, 2.45) is 0 Å². The summed E-state index contributed by atoms with van der Waals surface area (Å²) in [5.41, 5.74) is 2.60. The SMILES string of the molecule is Cc1ccc(S(=O)(=O)N(CC(=O)Nc2ccc(S(=O)(=O)Nc3ccccn3)cc2)c2ccc(C(C)C)cc2)cc1. The maximum Gasteiger partial charge on any atom is 0.264 e. The van der Waals surface area contributed by atoms with Crippen LogP contribution in [0.5, 0.6) is 0 Å². The van der Waals surface area contributed by atoms with Crippen LogP contribution in [-0.4, -0.2) is 34.3 Å². The molecule has 4 rings (SSSR count). The van der Waals surface area contributed by atoms with Crippen molar-refractivity contribution in [3.05, 3.63) is 108 Å². The van der Waals surface area contributed by atoms with Gasteiger partial charge in [0.15, 0.2) is 0 Å². The van der Waals surface area contributed by atoms with Crippen LogP contribution in [0.2, 0.25) is 0 Å². The Morgan fingerprint density at radius 3 is 2.02 bits per heavy atom. The molecule has 9 nitrogen and oxygen atoms in total. The number of carbonyl (C=O) groups is 1. The fraction of sp³-hybridized carbons (Fsp3) is 0.172. The van der Waals surface area contributed by atoms with E-state index < -0.39 is 32.5 Å². The lowest BCUT2D eigenvalue weighted by atomic mass is 10.0. The van der Waals surface area contributed by atoms with E-state index in [0.717, 1.165) is 15.4 Å². The molecule has 0 saturated heterocycles. The number of nitrogens with one attached hydrogen (secondary N) is 2. The summed E-state index contributed by atoms with van der Waals surface area (Å²) in [4.78, 5) is 17.1. The molecule has 208 valence electrons. The Morgan fingerprint density at radius 1 is 0.825 bits per heavy atom. The summed E-state index contributed by atoms with van der Waals surface area (Å²) in [5.74, 6) is -0.160. The van der Waals surface area contributed by atoms with Crippen molar-refractivity contribution >= 4 is 43.1 Å². The molecule has 0 aliphatic carbocycles. The van der Waals surface area contributed by atoms with Gasteiger partial charge in [-0.1, -0.05) is 49.7 Å². The normalized spacial score (nSPS) is 11.7. The molecule has 1 amide bonds. The van der Waals surface area contributed by atoms with E-state index in [0.29, 0.717) is 11.4 Å². The number of benzene rings is 3. The lowest BCUT2D eigenvalue weighted by molar-refractivity contribution is -0.114. The number of aryl methyl sites for hydroxylation is 1. The molecular formula is C29H30N4O5S2. The zero-order valence-electron chi connectivity index (χ0n) is 22.3. The van der Waals surface area contributed by atoms with Gasteiger partial charge >= 0.3 is 0 Å². The molecule has 3 aromatic carbocycles. The number of nitrogens with zero attached hydrogens (tertiary/aromatic N) is 2. The van der Waals surface area contributed by atoms with Crippen molar-refractivity contribution in [2.45, 2.75) is 36.5 Å². The molecule has 4 aromatic rings. The predicted molar refractivity (Wildman–Crippen MR) is 156 cm³/mol. The first-order valence-electron chi connectivity index (χ1n) is 12.5. The lowest BCUT2D eigenvalue weighted by Crippen LogP contribution is -2.38. The molecule has 1 heterocycles. The highest BCUT2D eigenvalue weighted by Crippen LogP contribution is 2.26. The molecule has 0 saturated carbocycles. The van der Waals surface area contributed by atoms with Gasteiger partial charge in [-0.3, -0.25) is 13.8 Å². The van der Waals surface area contributed by atoms with E-state index in [1.807, 2.05) is 32.9 Å². The molecule has 0 aliphatic heterocycles. The number of amides is 1. The van der Waals surface area contributed by atoms with Crippen LogP contribution >= 0.6 is 0 Å². The Kier molecular flexibility index (Phi) is 8.55. The van der Waals surface area contributed by atoms with Crippen LogP contribution in [0, 0.1) is 6.92 Å². The first-order valence-corrected chi connectivity index (χ1v) is 15.4. The average molecular weight is 579 g/mol. The standard InChI is InChI=1S/C29H30N4O5S2/c1-21(2)23-9-13-25(14-10-23)33(40(37,38)27-15-7-22(3)8-16-27)20-29(34)31-24-11-17-26(18-12-24)39(35,36)32-28-6-4-5-19-30-28/h4-19,21H,20H2,1-3H3,(H,30,32)(H,31,34). The highest BCUT2D eigenvalue weighted by atomic mass is 32.2. The van der Waals surface area contributed by atoms with E-state index in [1.54, 1.807) is 36.4 Å². The summed E-state index contributed by atoms with van der Waals surface area (Å²) in [6, 6.07) is 23.9. The molecule has 1 aromatic heterocycles. The monoisotopic (exact) mass is 578 g/mol. The fourth-order valence-electron chi connectivity index (χ4n) is 3.85. The largest absolute Gasteiger partial charge is 0.325 e. The molecule has 11 heteroatoms. The summed E-state index contributed by atoms with van der Waals surface area (Å²) in [6.07, 6.45) is 1.47. The molecule has 40 heavy (non-hydrogen) atoms. The number of aromatic nitrogens is 1. The highest BCUT2D eigenvalue weighted by Gasteiger charge is 2.27. The van der Waals surface area contributed by atoms with Gasteiger partial charge in [0.2, 0.25) is 5.91 Å². The lowest BCUT2D eigenvalue weighted by Gasteiger charge is -2.24. The summed E-state index contributed by atoms with van der Waals surface area (Å²) >= 11 is 0. The van der Waals surface area contributed by atoms with Gasteiger partial charge in [0.25, 0.3) is 20.0 Å². The van der Waals surface area contributed by atoms with Crippen molar-refractivity contribution in [3.8, 4) is 0 Å². The smallest absolute Gasteiger partial charge is 0.264 e. The maximum absolute atomic E-state index is 13.6. The van der Waals surface area contributed by atoms with Crippen molar-refractivity contribution in [1.29, 1.82) is 0 Å². The highest BCUT2D eigenvalue weighted by molar-refractivity contribution is 7.93. The third-order valence-corrected chi connectivity index (χ3v) is 9.25. The van der Waals surface area contributed by atoms with Gasteiger partial charge in [-0.25, -0.2) is 21.8 Å². The predicted octanol–water partition coefficient (Wildman–Crippen LogP) is 5.15. The van der Waals surface area contributed by atoms with Crippen molar-refractivity contribution in [2.75, 3.05) is 20.9 Å². The molecular weight excluding hydrogens is 548 g/mol. The van der Waals surface area contributed by atoms with Gasteiger partial charge in [-0.05, 0) is 79.1 Å². The van der Waals surface area contributed by atoms with Gasteiger partial charge in [0.05, 0.1) is 15.5 Å². The van der Waals surface area contributed by atoms with Crippen molar-refractivity contribution < 1.29 is 21.6 Å². The third kappa shape index (κ3) is 6.85. The number of hydrogen-bond donors (Lipinski definition) is 2. The number of hydrogen-bond acceptors (Lipinski definition) is 6. The molecule has 0 fully saturated rings. The Morgan fingerprint density at radius 2 is 1.45 bits per heavy atom. The van der Waals surface area contributed by atoms with Gasteiger partial charge in [0, 0.05) is 11.9 Å². The second-order valence-corrected chi connectivity index (χ2v) is 13.0. The maximum atomic E-state index is 13.6. The molecule has 0 spiro atoms. The Hall–Kier alpha value is -4.22. The quantitative estimate of drug-likeness (QED) is 0.268. The molecule has 2 N–H and O–H groups in total. The average Bonchev–Trinajstić information content (AvgIpc) is 2.92. The van der Waals surface area contributed by atoms with E-state index >= 15 is 0 Å². The van der Waals surface area contributed by atoms with Crippen molar-refractivity contribution in [1.82, 2.24) is 4.98 Å². The van der Waals surface area contributed by atoms with Crippen LogP contribution in [0.1, 0.15) is 30.9 Å².